The number of imidazole rings is 1. The number of benzene rings is 1. The highest BCUT2D eigenvalue weighted by Crippen LogP contribution is 2.29. The predicted molar refractivity (Wildman–Crippen MR) is 95.4 cm³/mol. The van der Waals surface area contributed by atoms with Crippen molar-refractivity contribution in [2.24, 2.45) is 0 Å². The minimum atomic E-state index is 0.539. The molecule has 3 aromatic heterocycles. The van der Waals surface area contributed by atoms with Gasteiger partial charge in [-0.25, -0.2) is 9.97 Å². The molecule has 4 aromatic rings. The van der Waals surface area contributed by atoms with E-state index >= 15 is 0 Å². The van der Waals surface area contributed by atoms with E-state index < -0.39 is 0 Å². The molecule has 0 spiro atoms. The molecular weight excluding hydrogens is 318 g/mol. The lowest BCUT2D eigenvalue weighted by Gasteiger charge is -2.08. The normalized spacial score (nSPS) is 10.9. The van der Waals surface area contributed by atoms with E-state index in [0.29, 0.717) is 23.8 Å². The second-order valence-corrected chi connectivity index (χ2v) is 5.50. The van der Waals surface area contributed by atoms with Crippen LogP contribution in [0.5, 0.6) is 5.75 Å². The van der Waals surface area contributed by atoms with Crippen molar-refractivity contribution in [2.75, 3.05) is 18.2 Å². The third-order valence-electron chi connectivity index (χ3n) is 3.96. The largest absolute Gasteiger partial charge is 0.495 e. The maximum Gasteiger partial charge on any atom is 0.180 e. The molecule has 7 heteroatoms. The Morgan fingerprint density at radius 2 is 2.20 bits per heavy atom. The molecule has 4 rings (SSSR count). The summed E-state index contributed by atoms with van der Waals surface area (Å²) in [5, 5.41) is 3.25. The summed E-state index contributed by atoms with van der Waals surface area (Å²) in [7, 11) is 1.60. The number of fused-ring (bicyclic) bond motifs is 1. The van der Waals surface area contributed by atoms with Crippen molar-refractivity contribution in [3.05, 3.63) is 60.9 Å². The summed E-state index contributed by atoms with van der Waals surface area (Å²) >= 11 is 0. The lowest BCUT2D eigenvalue weighted by molar-refractivity contribution is 0.417. The van der Waals surface area contributed by atoms with Gasteiger partial charge in [0.05, 0.1) is 37.5 Å². The molecule has 3 N–H and O–H groups in total. The number of nitrogens with one attached hydrogen (secondary N) is 1. The standard InChI is InChI=1S/C18H17N5O2/c1-24-16-5-4-12(9-14(16)19)15-11-22-18-17(20-6-7-23(15)18)21-10-13-3-2-8-25-13/h2-9,11H,10,19H2,1H3,(H,20,21). The third kappa shape index (κ3) is 2.76. The smallest absolute Gasteiger partial charge is 0.180 e. The monoisotopic (exact) mass is 335 g/mol. The molecule has 1 aromatic carbocycles. The lowest BCUT2D eigenvalue weighted by Crippen LogP contribution is -2.03. The summed E-state index contributed by atoms with van der Waals surface area (Å²) in [6, 6.07) is 9.44. The molecule has 0 fully saturated rings. The minimum Gasteiger partial charge on any atom is -0.495 e. The Kier molecular flexibility index (Phi) is 3.74. The highest BCUT2D eigenvalue weighted by atomic mass is 16.5. The number of anilines is 2. The Balaban J connectivity index is 1.70. The maximum absolute atomic E-state index is 6.02. The number of ether oxygens (including phenoxy) is 1. The molecule has 0 unspecified atom stereocenters. The molecular formula is C18H17N5O2. The number of furan rings is 1. The van der Waals surface area contributed by atoms with Crippen LogP contribution in [-0.2, 0) is 6.54 Å². The fourth-order valence-corrected chi connectivity index (χ4v) is 2.74. The first-order valence-corrected chi connectivity index (χ1v) is 7.78. The molecule has 0 aliphatic heterocycles. The molecule has 3 heterocycles. The van der Waals surface area contributed by atoms with E-state index in [1.807, 2.05) is 40.9 Å². The topological polar surface area (TPSA) is 90.6 Å². The summed E-state index contributed by atoms with van der Waals surface area (Å²) < 4.78 is 12.5. The SMILES string of the molecule is COc1ccc(-c2cnc3c(NCc4ccco4)nccn23)cc1N. The van der Waals surface area contributed by atoms with E-state index in [2.05, 4.69) is 15.3 Å². The van der Waals surface area contributed by atoms with Gasteiger partial charge in [-0.1, -0.05) is 0 Å². The summed E-state index contributed by atoms with van der Waals surface area (Å²) in [5.41, 5.74) is 9.22. The number of hydrogen-bond donors (Lipinski definition) is 2. The molecule has 25 heavy (non-hydrogen) atoms. The van der Waals surface area contributed by atoms with Gasteiger partial charge in [-0.15, -0.1) is 0 Å². The van der Waals surface area contributed by atoms with Crippen LogP contribution in [0, 0.1) is 0 Å². The van der Waals surface area contributed by atoms with Gasteiger partial charge in [0.2, 0.25) is 0 Å². The molecule has 126 valence electrons. The quantitative estimate of drug-likeness (QED) is 0.544. The minimum absolute atomic E-state index is 0.539. The molecule has 0 saturated carbocycles. The molecule has 0 radical (unpaired) electrons. The number of methoxy groups -OCH3 is 1. The Hall–Kier alpha value is -3.48. The number of aromatic nitrogens is 3. The molecule has 0 saturated heterocycles. The van der Waals surface area contributed by atoms with Gasteiger partial charge in [0.1, 0.15) is 11.5 Å². The Morgan fingerprint density at radius 3 is 2.96 bits per heavy atom. The van der Waals surface area contributed by atoms with Crippen LogP contribution in [0.2, 0.25) is 0 Å². The van der Waals surface area contributed by atoms with E-state index in [0.717, 1.165) is 22.7 Å². The summed E-state index contributed by atoms with van der Waals surface area (Å²) in [6.07, 6.45) is 7.05. The van der Waals surface area contributed by atoms with Gasteiger partial charge in [0, 0.05) is 18.0 Å². The van der Waals surface area contributed by atoms with Gasteiger partial charge in [-0.05, 0) is 30.3 Å². The second kappa shape index (κ2) is 6.20. The predicted octanol–water partition coefficient (Wildman–Crippen LogP) is 3.19. The van der Waals surface area contributed by atoms with Crippen LogP contribution in [0.4, 0.5) is 11.5 Å². The van der Waals surface area contributed by atoms with Crippen LogP contribution in [0.25, 0.3) is 16.9 Å². The van der Waals surface area contributed by atoms with Crippen LogP contribution in [0.15, 0.2) is 59.6 Å². The Morgan fingerprint density at radius 1 is 1.28 bits per heavy atom. The number of rotatable bonds is 5. The van der Waals surface area contributed by atoms with Crippen LogP contribution < -0.4 is 15.8 Å². The summed E-state index contributed by atoms with van der Waals surface area (Å²) in [4.78, 5) is 8.88. The van der Waals surface area contributed by atoms with Crippen molar-refractivity contribution in [3.8, 4) is 17.0 Å². The zero-order valence-corrected chi connectivity index (χ0v) is 13.6. The lowest BCUT2D eigenvalue weighted by atomic mass is 10.1. The maximum atomic E-state index is 6.02. The van der Waals surface area contributed by atoms with Crippen molar-refractivity contribution in [3.63, 3.8) is 0 Å². The molecule has 0 bridgehead atoms. The van der Waals surface area contributed by atoms with E-state index in [1.54, 1.807) is 25.8 Å². The second-order valence-electron chi connectivity index (χ2n) is 5.50. The third-order valence-corrected chi connectivity index (χ3v) is 3.96. The number of nitrogens with two attached hydrogens (primary N) is 1. The van der Waals surface area contributed by atoms with Crippen molar-refractivity contribution >= 4 is 17.2 Å². The summed E-state index contributed by atoms with van der Waals surface area (Å²) in [6.45, 7) is 0.539. The molecule has 0 amide bonds. The van der Waals surface area contributed by atoms with Gasteiger partial charge in [-0.3, -0.25) is 4.40 Å². The zero-order chi connectivity index (χ0) is 17.2. The van der Waals surface area contributed by atoms with Crippen LogP contribution in [0.3, 0.4) is 0 Å². The average Bonchev–Trinajstić information content (AvgIpc) is 3.29. The molecule has 0 atom stereocenters. The Labute approximate surface area is 144 Å². The van der Waals surface area contributed by atoms with Gasteiger partial charge in [0.15, 0.2) is 11.5 Å². The number of nitrogen functional groups attached to an aromatic ring is 1. The first kappa shape index (κ1) is 15.1. The Bertz CT molecular complexity index is 1010. The fraction of sp³-hybridized carbons (Fsp3) is 0.111. The van der Waals surface area contributed by atoms with E-state index in [1.165, 1.54) is 0 Å². The van der Waals surface area contributed by atoms with E-state index in [-0.39, 0.29) is 0 Å². The summed E-state index contributed by atoms with van der Waals surface area (Å²) in [5.74, 6) is 2.17. The molecule has 7 nitrogen and oxygen atoms in total. The average molecular weight is 335 g/mol. The van der Waals surface area contributed by atoms with Crippen LogP contribution in [0.1, 0.15) is 5.76 Å². The van der Waals surface area contributed by atoms with Gasteiger partial charge in [0.25, 0.3) is 0 Å². The van der Waals surface area contributed by atoms with Crippen LogP contribution >= 0.6 is 0 Å². The van der Waals surface area contributed by atoms with Gasteiger partial charge in [-0.2, -0.15) is 0 Å². The first-order chi connectivity index (χ1) is 12.3. The number of nitrogens with zero attached hydrogens (tertiary/aromatic N) is 3. The highest BCUT2D eigenvalue weighted by molar-refractivity contribution is 5.73. The molecule has 0 aliphatic carbocycles. The van der Waals surface area contributed by atoms with Gasteiger partial charge < -0.3 is 20.2 Å². The van der Waals surface area contributed by atoms with E-state index in [9.17, 15) is 0 Å². The molecule has 0 aliphatic rings. The zero-order valence-electron chi connectivity index (χ0n) is 13.6. The fourth-order valence-electron chi connectivity index (χ4n) is 2.74. The van der Waals surface area contributed by atoms with Crippen molar-refractivity contribution in [1.29, 1.82) is 0 Å². The highest BCUT2D eigenvalue weighted by Gasteiger charge is 2.12. The van der Waals surface area contributed by atoms with Crippen LogP contribution in [-0.4, -0.2) is 21.5 Å². The van der Waals surface area contributed by atoms with E-state index in [4.69, 9.17) is 14.9 Å². The van der Waals surface area contributed by atoms with Crippen molar-refractivity contribution in [2.45, 2.75) is 6.54 Å². The first-order valence-electron chi connectivity index (χ1n) is 7.78. The van der Waals surface area contributed by atoms with Crippen molar-refractivity contribution < 1.29 is 9.15 Å². The number of hydrogen-bond acceptors (Lipinski definition) is 6. The van der Waals surface area contributed by atoms with Crippen molar-refractivity contribution in [1.82, 2.24) is 14.4 Å². The van der Waals surface area contributed by atoms with Gasteiger partial charge >= 0.3 is 0 Å².